The normalized spacial score (nSPS) is 9.68. The maximum atomic E-state index is 11.9. The second-order valence-electron chi connectivity index (χ2n) is 5.21. The van der Waals surface area contributed by atoms with Gasteiger partial charge in [0.15, 0.2) is 5.78 Å². The van der Waals surface area contributed by atoms with Crippen LogP contribution in [0.25, 0.3) is 22.3 Å². The van der Waals surface area contributed by atoms with E-state index < -0.39 is 0 Å². The van der Waals surface area contributed by atoms with Crippen LogP contribution < -0.4 is 5.73 Å². The second kappa shape index (κ2) is 8.89. The summed E-state index contributed by atoms with van der Waals surface area (Å²) in [5.74, 6) is 0.0487. The molecule has 0 spiro atoms. The minimum absolute atomic E-state index is 0.0487. The van der Waals surface area contributed by atoms with Crippen LogP contribution in [0.3, 0.4) is 0 Å². The summed E-state index contributed by atoms with van der Waals surface area (Å²) >= 11 is 3.47. The van der Waals surface area contributed by atoms with Gasteiger partial charge in [-0.25, -0.2) is 0 Å². The molecule has 1 heterocycles. The lowest BCUT2D eigenvalue weighted by Gasteiger charge is -2.09. The molecule has 0 fully saturated rings. The standard InChI is InChI=1S/C19H14BrNO.CH3NO/c1-13(22)18-8-7-17(20)10-19(18)16-9-15(11-21-12-16)14-5-3-2-4-6-14;2-1-3/h2-12H,1H3;1H,(H2,2,3). The molecule has 126 valence electrons. The molecule has 0 atom stereocenters. The summed E-state index contributed by atoms with van der Waals surface area (Å²) in [5.41, 5.74) is 8.85. The molecule has 2 N–H and O–H groups in total. The molecule has 0 unspecified atom stereocenters. The predicted molar refractivity (Wildman–Crippen MR) is 103 cm³/mol. The summed E-state index contributed by atoms with van der Waals surface area (Å²) < 4.78 is 0.942. The van der Waals surface area contributed by atoms with Gasteiger partial charge >= 0.3 is 0 Å². The van der Waals surface area contributed by atoms with E-state index in [0.29, 0.717) is 5.56 Å². The van der Waals surface area contributed by atoms with Gasteiger partial charge in [-0.2, -0.15) is 0 Å². The zero-order chi connectivity index (χ0) is 18.2. The third kappa shape index (κ3) is 4.84. The number of nitrogens with two attached hydrogens (primary N) is 1. The van der Waals surface area contributed by atoms with E-state index in [4.69, 9.17) is 4.79 Å². The maximum Gasteiger partial charge on any atom is 0.204 e. The number of Topliss-reactive ketones (excluding diaryl/α,β-unsaturated/α-hetero) is 1. The highest BCUT2D eigenvalue weighted by atomic mass is 79.9. The molecule has 25 heavy (non-hydrogen) atoms. The third-order valence-electron chi connectivity index (χ3n) is 3.52. The van der Waals surface area contributed by atoms with Crippen molar-refractivity contribution >= 4 is 28.1 Å². The Morgan fingerprint density at radius 3 is 2.28 bits per heavy atom. The van der Waals surface area contributed by atoms with Crippen LogP contribution in [0.4, 0.5) is 0 Å². The molecule has 0 aliphatic heterocycles. The smallest absolute Gasteiger partial charge is 0.204 e. The van der Waals surface area contributed by atoms with Crippen LogP contribution >= 0.6 is 15.9 Å². The van der Waals surface area contributed by atoms with Crippen molar-refractivity contribution in [1.29, 1.82) is 0 Å². The van der Waals surface area contributed by atoms with E-state index in [9.17, 15) is 4.79 Å². The van der Waals surface area contributed by atoms with Gasteiger partial charge in [0.25, 0.3) is 0 Å². The molecule has 0 saturated heterocycles. The second-order valence-corrected chi connectivity index (χ2v) is 6.13. The summed E-state index contributed by atoms with van der Waals surface area (Å²) in [7, 11) is 0. The van der Waals surface area contributed by atoms with E-state index in [1.165, 1.54) is 0 Å². The molecular formula is C20H17BrN2O2. The summed E-state index contributed by atoms with van der Waals surface area (Å²) in [6.07, 6.45) is 3.88. The van der Waals surface area contributed by atoms with Gasteiger partial charge < -0.3 is 5.73 Å². The van der Waals surface area contributed by atoms with Crippen LogP contribution in [-0.2, 0) is 4.79 Å². The fourth-order valence-electron chi connectivity index (χ4n) is 2.44. The zero-order valence-electron chi connectivity index (χ0n) is 13.6. The SMILES string of the molecule is CC(=O)c1ccc(Br)cc1-c1cncc(-c2ccccc2)c1.NC=O. The van der Waals surface area contributed by atoms with Gasteiger partial charge in [0.2, 0.25) is 6.41 Å². The van der Waals surface area contributed by atoms with E-state index in [0.717, 1.165) is 26.7 Å². The molecule has 1 aromatic heterocycles. The van der Waals surface area contributed by atoms with Crippen molar-refractivity contribution in [2.45, 2.75) is 6.92 Å². The summed E-state index contributed by atoms with van der Waals surface area (Å²) in [4.78, 5) is 24.8. The van der Waals surface area contributed by atoms with Gasteiger partial charge in [-0.15, -0.1) is 0 Å². The van der Waals surface area contributed by atoms with Gasteiger partial charge in [-0.3, -0.25) is 14.6 Å². The number of nitrogens with zero attached hydrogens (tertiary/aromatic N) is 1. The lowest BCUT2D eigenvalue weighted by atomic mass is 9.96. The molecule has 3 rings (SSSR count). The van der Waals surface area contributed by atoms with E-state index in [1.54, 1.807) is 13.1 Å². The average Bonchev–Trinajstić information content (AvgIpc) is 2.63. The highest BCUT2D eigenvalue weighted by molar-refractivity contribution is 9.10. The number of ketones is 1. The van der Waals surface area contributed by atoms with Crippen LogP contribution in [0.2, 0.25) is 0 Å². The highest BCUT2D eigenvalue weighted by Gasteiger charge is 2.11. The quantitative estimate of drug-likeness (QED) is 0.523. The Labute approximate surface area is 154 Å². The molecule has 2 aromatic carbocycles. The molecule has 0 bridgehead atoms. The van der Waals surface area contributed by atoms with Gasteiger partial charge in [0, 0.05) is 33.6 Å². The Hall–Kier alpha value is -2.79. The molecule has 0 aliphatic carbocycles. The Morgan fingerprint density at radius 2 is 1.64 bits per heavy atom. The molecule has 0 aliphatic rings. The lowest BCUT2D eigenvalue weighted by molar-refractivity contribution is -0.106. The molecule has 1 amide bonds. The van der Waals surface area contributed by atoms with Crippen LogP contribution in [0.1, 0.15) is 17.3 Å². The number of halogens is 1. The van der Waals surface area contributed by atoms with Crippen LogP contribution in [0.15, 0.2) is 71.5 Å². The molecule has 0 saturated carbocycles. The van der Waals surface area contributed by atoms with Crippen molar-refractivity contribution < 1.29 is 9.59 Å². The van der Waals surface area contributed by atoms with Crippen LogP contribution in [0.5, 0.6) is 0 Å². The number of carbonyl (C=O) groups is 2. The molecule has 3 aromatic rings. The molecule has 4 nitrogen and oxygen atoms in total. The van der Waals surface area contributed by atoms with Gasteiger partial charge in [-0.1, -0.05) is 46.3 Å². The van der Waals surface area contributed by atoms with Crippen molar-refractivity contribution in [1.82, 2.24) is 4.98 Å². The summed E-state index contributed by atoms with van der Waals surface area (Å²) in [6, 6.07) is 17.8. The fraction of sp³-hybridized carbons (Fsp3) is 0.0500. The maximum absolute atomic E-state index is 11.9. The zero-order valence-corrected chi connectivity index (χ0v) is 15.2. The number of carbonyl (C=O) groups excluding carboxylic acids is 2. The Morgan fingerprint density at radius 1 is 1.00 bits per heavy atom. The van der Waals surface area contributed by atoms with E-state index in [2.05, 4.69) is 32.7 Å². The first-order valence-electron chi connectivity index (χ1n) is 7.53. The number of hydrogen-bond acceptors (Lipinski definition) is 3. The summed E-state index contributed by atoms with van der Waals surface area (Å²) in [5, 5.41) is 0. The summed E-state index contributed by atoms with van der Waals surface area (Å²) in [6.45, 7) is 1.58. The first kappa shape index (κ1) is 18.5. The predicted octanol–water partition coefficient (Wildman–Crippen LogP) is 4.48. The van der Waals surface area contributed by atoms with Crippen molar-refractivity contribution in [3.8, 4) is 22.3 Å². The number of primary amides is 1. The topological polar surface area (TPSA) is 73.1 Å². The van der Waals surface area contributed by atoms with Gasteiger partial charge in [0.05, 0.1) is 0 Å². The molecule has 0 radical (unpaired) electrons. The van der Waals surface area contributed by atoms with Crippen LogP contribution in [-0.4, -0.2) is 17.2 Å². The number of pyridine rings is 1. The van der Waals surface area contributed by atoms with Crippen molar-refractivity contribution in [2.24, 2.45) is 5.73 Å². The first-order chi connectivity index (χ1) is 12.1. The largest absolute Gasteiger partial charge is 0.372 e. The first-order valence-corrected chi connectivity index (χ1v) is 8.32. The van der Waals surface area contributed by atoms with Crippen molar-refractivity contribution in [3.05, 3.63) is 77.0 Å². The van der Waals surface area contributed by atoms with Crippen LogP contribution in [0, 0.1) is 0 Å². The Kier molecular flexibility index (Phi) is 6.60. The van der Waals surface area contributed by atoms with E-state index in [1.807, 2.05) is 54.7 Å². The van der Waals surface area contributed by atoms with Crippen molar-refractivity contribution in [2.75, 3.05) is 0 Å². The highest BCUT2D eigenvalue weighted by Crippen LogP contribution is 2.30. The van der Waals surface area contributed by atoms with Gasteiger partial charge in [-0.05, 0) is 42.3 Å². The number of aromatic nitrogens is 1. The number of rotatable bonds is 3. The number of amides is 1. The number of benzene rings is 2. The van der Waals surface area contributed by atoms with E-state index in [-0.39, 0.29) is 12.2 Å². The monoisotopic (exact) mass is 396 g/mol. The number of hydrogen-bond donors (Lipinski definition) is 1. The Bertz CT molecular complexity index is 880. The third-order valence-corrected chi connectivity index (χ3v) is 4.01. The minimum Gasteiger partial charge on any atom is -0.372 e. The Balaban J connectivity index is 0.000000701. The van der Waals surface area contributed by atoms with E-state index >= 15 is 0 Å². The minimum atomic E-state index is 0.0487. The molecular weight excluding hydrogens is 380 g/mol. The average molecular weight is 397 g/mol. The lowest BCUT2D eigenvalue weighted by Crippen LogP contribution is -1.96. The fourth-order valence-corrected chi connectivity index (χ4v) is 2.80. The van der Waals surface area contributed by atoms with Gasteiger partial charge in [0.1, 0.15) is 0 Å². The molecule has 5 heteroatoms. The van der Waals surface area contributed by atoms with Crippen molar-refractivity contribution in [3.63, 3.8) is 0 Å².